The summed E-state index contributed by atoms with van der Waals surface area (Å²) >= 11 is 0. The van der Waals surface area contributed by atoms with Crippen molar-refractivity contribution in [3.05, 3.63) is 53.1 Å². The lowest BCUT2D eigenvalue weighted by Gasteiger charge is -2.40. The number of rotatable bonds is 5. The number of benzene rings is 2. The van der Waals surface area contributed by atoms with Gasteiger partial charge in [-0.1, -0.05) is 46.8 Å². The predicted molar refractivity (Wildman–Crippen MR) is 133 cm³/mol. The fourth-order valence-corrected chi connectivity index (χ4v) is 5.59. The van der Waals surface area contributed by atoms with E-state index in [0.717, 1.165) is 41.1 Å². The summed E-state index contributed by atoms with van der Waals surface area (Å²) in [6, 6.07) is 12.8. The van der Waals surface area contributed by atoms with Gasteiger partial charge in [-0.2, -0.15) is 0 Å². The Hall–Kier alpha value is -2.82. The minimum absolute atomic E-state index is 0.275. The highest BCUT2D eigenvalue weighted by Gasteiger charge is 2.35. The van der Waals surface area contributed by atoms with E-state index in [1.54, 1.807) is 0 Å². The van der Waals surface area contributed by atoms with Crippen LogP contribution >= 0.6 is 0 Å². The predicted octanol–water partition coefficient (Wildman–Crippen LogP) is 6.70. The molecule has 1 aliphatic carbocycles. The molecule has 5 heteroatoms. The zero-order valence-electron chi connectivity index (χ0n) is 20.2. The number of fused-ring (bicyclic) bond motifs is 1. The molecule has 5 nitrogen and oxygen atoms in total. The molecule has 4 rings (SSSR count). The smallest absolute Gasteiger partial charge is 0.249 e. The molecule has 2 unspecified atom stereocenters. The minimum Gasteiger partial charge on any atom is -0.366 e. The van der Waals surface area contributed by atoms with Crippen molar-refractivity contribution in [1.82, 2.24) is 9.55 Å². The summed E-state index contributed by atoms with van der Waals surface area (Å²) in [7, 11) is 0. The van der Waals surface area contributed by atoms with Crippen LogP contribution in [-0.2, 0) is 0 Å². The molecule has 32 heavy (non-hydrogen) atoms. The summed E-state index contributed by atoms with van der Waals surface area (Å²) < 4.78 is 2.36. The first-order valence-electron chi connectivity index (χ1n) is 11.7. The van der Waals surface area contributed by atoms with Crippen LogP contribution in [0.5, 0.6) is 0 Å². The third kappa shape index (κ3) is 4.25. The quantitative estimate of drug-likeness (QED) is 0.471. The molecule has 3 aromatic rings. The number of carbonyl (C=O) groups excluding carboxylic acids is 1. The van der Waals surface area contributed by atoms with Crippen molar-refractivity contribution >= 4 is 28.6 Å². The molecule has 2 atom stereocenters. The van der Waals surface area contributed by atoms with Gasteiger partial charge in [-0.15, -0.1) is 0 Å². The zero-order chi connectivity index (χ0) is 23.2. The van der Waals surface area contributed by atoms with Crippen LogP contribution in [0.1, 0.15) is 87.3 Å². The average molecular weight is 433 g/mol. The average Bonchev–Trinajstić information content (AvgIpc) is 3.05. The molecule has 3 N–H and O–H groups in total. The zero-order valence-corrected chi connectivity index (χ0v) is 20.2. The van der Waals surface area contributed by atoms with Crippen molar-refractivity contribution in [2.24, 2.45) is 17.1 Å². The van der Waals surface area contributed by atoms with Gasteiger partial charge in [-0.25, -0.2) is 4.98 Å². The minimum atomic E-state index is -0.412. The van der Waals surface area contributed by atoms with E-state index in [1.807, 2.05) is 19.1 Å². The van der Waals surface area contributed by atoms with Crippen LogP contribution in [0.15, 0.2) is 36.4 Å². The number of primary amides is 1. The first kappa shape index (κ1) is 22.4. The van der Waals surface area contributed by atoms with Gasteiger partial charge in [-0.05, 0) is 78.8 Å². The van der Waals surface area contributed by atoms with Crippen LogP contribution < -0.4 is 11.1 Å². The Bertz CT molecular complexity index is 1140. The number of aromatic nitrogens is 2. The maximum atomic E-state index is 11.9. The van der Waals surface area contributed by atoms with Gasteiger partial charge in [0.1, 0.15) is 0 Å². The van der Waals surface area contributed by atoms with Crippen LogP contribution in [-0.4, -0.2) is 15.5 Å². The van der Waals surface area contributed by atoms with Crippen molar-refractivity contribution in [3.63, 3.8) is 0 Å². The van der Waals surface area contributed by atoms with Crippen molar-refractivity contribution in [1.29, 1.82) is 0 Å². The van der Waals surface area contributed by atoms with Crippen molar-refractivity contribution < 1.29 is 4.79 Å². The maximum absolute atomic E-state index is 11.9. The second-order valence-electron chi connectivity index (χ2n) is 10.7. The molecule has 0 radical (unpaired) electrons. The standard InChI is InChI=1S/C27H36N4O/c1-16(2)19-7-9-20(10-8-19)29-26-30-24-18(4)22(25(28)32)11-12-23(24)31(26)21-13-17(3)14-27(5,6)15-21/h7-12,16-17,21H,13-15H2,1-6H3,(H2,28,32)(H,29,30). The lowest BCUT2D eigenvalue weighted by atomic mass is 9.70. The number of imidazole rings is 1. The molecule has 0 bridgehead atoms. The number of anilines is 2. The molecule has 1 aromatic heterocycles. The van der Waals surface area contributed by atoms with E-state index in [1.165, 1.54) is 12.0 Å². The van der Waals surface area contributed by atoms with Gasteiger partial charge >= 0.3 is 0 Å². The van der Waals surface area contributed by atoms with Crippen LogP contribution in [0, 0.1) is 18.3 Å². The Kier molecular flexibility index (Phi) is 5.78. The third-order valence-electron chi connectivity index (χ3n) is 6.94. The molecule has 1 fully saturated rings. The van der Waals surface area contributed by atoms with Crippen molar-refractivity contribution in [3.8, 4) is 0 Å². The van der Waals surface area contributed by atoms with E-state index in [9.17, 15) is 4.79 Å². The number of aryl methyl sites for hydroxylation is 1. The van der Waals surface area contributed by atoms with Crippen LogP contribution in [0.3, 0.4) is 0 Å². The lowest BCUT2D eigenvalue weighted by Crippen LogP contribution is -2.29. The number of hydrogen-bond acceptors (Lipinski definition) is 3. The Morgan fingerprint density at radius 3 is 2.44 bits per heavy atom. The van der Waals surface area contributed by atoms with Crippen molar-refractivity contribution in [2.75, 3.05) is 5.32 Å². The van der Waals surface area contributed by atoms with Crippen molar-refractivity contribution in [2.45, 2.75) is 72.8 Å². The van der Waals surface area contributed by atoms with E-state index in [4.69, 9.17) is 10.7 Å². The van der Waals surface area contributed by atoms with Crippen LogP contribution in [0.4, 0.5) is 11.6 Å². The van der Waals surface area contributed by atoms with E-state index < -0.39 is 5.91 Å². The van der Waals surface area contributed by atoms with Gasteiger partial charge in [0, 0.05) is 17.3 Å². The molecular formula is C27H36N4O. The highest BCUT2D eigenvalue weighted by atomic mass is 16.1. The maximum Gasteiger partial charge on any atom is 0.249 e. The van der Waals surface area contributed by atoms with Gasteiger partial charge in [-0.3, -0.25) is 4.79 Å². The summed E-state index contributed by atoms with van der Waals surface area (Å²) in [5.41, 5.74) is 11.5. The number of nitrogens with one attached hydrogen (secondary N) is 1. The van der Waals surface area contributed by atoms with E-state index in [0.29, 0.717) is 23.4 Å². The molecule has 1 amide bonds. The number of nitrogens with zero attached hydrogens (tertiary/aromatic N) is 2. The molecule has 1 saturated carbocycles. The summed E-state index contributed by atoms with van der Waals surface area (Å²) in [5, 5.41) is 3.58. The number of hydrogen-bond donors (Lipinski definition) is 2. The molecule has 1 aliphatic rings. The molecule has 0 aliphatic heterocycles. The van der Waals surface area contributed by atoms with Gasteiger partial charge in [0.25, 0.3) is 0 Å². The molecule has 2 aromatic carbocycles. The Labute approximate surface area is 191 Å². The molecule has 1 heterocycles. The van der Waals surface area contributed by atoms with E-state index in [-0.39, 0.29) is 5.41 Å². The Morgan fingerprint density at radius 2 is 1.84 bits per heavy atom. The first-order chi connectivity index (χ1) is 15.1. The fraction of sp³-hybridized carbons (Fsp3) is 0.481. The van der Waals surface area contributed by atoms with Gasteiger partial charge in [0.05, 0.1) is 11.0 Å². The second kappa shape index (κ2) is 8.27. The number of nitrogens with two attached hydrogens (primary N) is 1. The first-order valence-corrected chi connectivity index (χ1v) is 11.7. The van der Waals surface area contributed by atoms with Gasteiger partial charge < -0.3 is 15.6 Å². The number of amides is 1. The molecule has 0 saturated heterocycles. The van der Waals surface area contributed by atoms with Crippen LogP contribution in [0.2, 0.25) is 0 Å². The number of carbonyl (C=O) groups is 1. The summed E-state index contributed by atoms with van der Waals surface area (Å²) in [4.78, 5) is 16.9. The largest absolute Gasteiger partial charge is 0.366 e. The van der Waals surface area contributed by atoms with Crippen LogP contribution in [0.25, 0.3) is 11.0 Å². The topological polar surface area (TPSA) is 72.9 Å². The highest BCUT2D eigenvalue weighted by Crippen LogP contribution is 2.46. The van der Waals surface area contributed by atoms with E-state index in [2.05, 4.69) is 68.8 Å². The second-order valence-corrected chi connectivity index (χ2v) is 10.7. The SMILES string of the molecule is Cc1c(C(N)=O)ccc2c1nc(Nc1ccc(C(C)C)cc1)n2C1CC(C)CC(C)(C)C1. The molecule has 170 valence electrons. The van der Waals surface area contributed by atoms with Gasteiger partial charge in [0.2, 0.25) is 11.9 Å². The monoisotopic (exact) mass is 432 g/mol. The Balaban J connectivity index is 1.83. The fourth-order valence-electron chi connectivity index (χ4n) is 5.59. The van der Waals surface area contributed by atoms with Gasteiger partial charge in [0.15, 0.2) is 0 Å². The normalized spacial score (nSPS) is 20.6. The molecular weight excluding hydrogens is 396 g/mol. The lowest BCUT2D eigenvalue weighted by molar-refractivity contribution is 0.1000. The summed E-state index contributed by atoms with van der Waals surface area (Å²) in [6.07, 6.45) is 3.45. The Morgan fingerprint density at radius 1 is 1.16 bits per heavy atom. The highest BCUT2D eigenvalue weighted by molar-refractivity contribution is 5.99. The summed E-state index contributed by atoms with van der Waals surface area (Å²) in [6.45, 7) is 13.4. The third-order valence-corrected chi connectivity index (χ3v) is 6.94. The van der Waals surface area contributed by atoms with E-state index >= 15 is 0 Å². The summed E-state index contributed by atoms with van der Waals surface area (Å²) in [5.74, 6) is 1.56. The molecule has 0 spiro atoms.